The normalized spacial score (nSPS) is 12.1. The lowest BCUT2D eigenvalue weighted by molar-refractivity contribution is 0.412. The van der Waals surface area contributed by atoms with Gasteiger partial charge in [0.15, 0.2) is 58.2 Å². The van der Waals surface area contributed by atoms with Gasteiger partial charge in [-0.25, -0.2) is 67.0 Å². The first kappa shape index (κ1) is 39.9. The van der Waals surface area contributed by atoms with Crippen LogP contribution >= 0.6 is 0 Å². The Morgan fingerprint density at radius 3 is 1.19 bits per heavy atom. The van der Waals surface area contributed by atoms with E-state index >= 15 is 22.0 Å². The number of rotatable bonds is 2. The Balaban J connectivity index is 1.27. The number of halogens is 13. The molecule has 1 heterocycles. The molecule has 63 heavy (non-hydrogen) atoms. The molecule has 0 atom stereocenters. The van der Waals surface area contributed by atoms with Crippen LogP contribution in [0.5, 0.6) is 0 Å². The maximum absolute atomic E-state index is 15.9. The molecule has 0 aliphatic heterocycles. The fourth-order valence-electron chi connectivity index (χ4n) is 7.84. The predicted molar refractivity (Wildman–Crippen MR) is 193 cm³/mol. The Morgan fingerprint density at radius 2 is 0.730 bits per heavy atom. The number of nitrogens with zero attached hydrogens (tertiary/aromatic N) is 6. The summed E-state index contributed by atoms with van der Waals surface area (Å²) in [5.74, 6) is -29.1. The average Bonchev–Trinajstić information content (AvgIpc) is 3.76. The second-order valence-electron chi connectivity index (χ2n) is 13.6. The van der Waals surface area contributed by atoms with Gasteiger partial charge in [-0.1, -0.05) is 24.3 Å². The van der Waals surface area contributed by atoms with E-state index < -0.39 is 125 Å². The minimum Gasteiger partial charge on any atom is -0.243 e. The van der Waals surface area contributed by atoms with E-state index in [0.29, 0.717) is 6.07 Å². The number of nitriles is 4. The van der Waals surface area contributed by atoms with E-state index in [0.717, 1.165) is 30.3 Å². The van der Waals surface area contributed by atoms with Gasteiger partial charge in [0, 0.05) is 27.8 Å². The van der Waals surface area contributed by atoms with Gasteiger partial charge in [-0.2, -0.15) is 21.0 Å². The average molecular weight is 867 g/mol. The molecule has 19 heteroatoms. The monoisotopic (exact) mass is 866 g/mol. The van der Waals surface area contributed by atoms with Crippen LogP contribution in [0.25, 0.3) is 77.5 Å². The van der Waals surface area contributed by atoms with Crippen LogP contribution in [0.2, 0.25) is 0 Å². The van der Waals surface area contributed by atoms with Crippen molar-refractivity contribution < 1.29 is 57.1 Å². The fourth-order valence-corrected chi connectivity index (χ4v) is 7.84. The zero-order chi connectivity index (χ0) is 45.2. The van der Waals surface area contributed by atoms with Crippen molar-refractivity contribution in [2.45, 2.75) is 0 Å². The van der Waals surface area contributed by atoms with Crippen molar-refractivity contribution >= 4 is 32.7 Å². The van der Waals surface area contributed by atoms with Gasteiger partial charge in [0.05, 0.1) is 38.5 Å². The third-order valence-electron chi connectivity index (χ3n) is 10.6. The van der Waals surface area contributed by atoms with E-state index in [2.05, 4.69) is 9.97 Å². The fraction of sp³-hybridized carbons (Fsp3) is 0. The molecule has 0 saturated heterocycles. The number of allylic oxidation sites excluding steroid dienone is 2. The summed E-state index contributed by atoms with van der Waals surface area (Å²) in [6.07, 6.45) is 0. The summed E-state index contributed by atoms with van der Waals surface area (Å²) in [5, 5.41) is 33.3. The van der Waals surface area contributed by atoms with Crippen molar-refractivity contribution in [3.05, 3.63) is 152 Å². The van der Waals surface area contributed by atoms with Gasteiger partial charge in [0.25, 0.3) is 0 Å². The Hall–Kier alpha value is -8.55. The molecule has 7 aromatic rings. The highest BCUT2D eigenvalue weighted by atomic mass is 19.2. The van der Waals surface area contributed by atoms with Crippen molar-refractivity contribution in [3.8, 4) is 69.0 Å². The van der Waals surface area contributed by atoms with E-state index in [1.807, 2.05) is 0 Å². The molecular formula is C44H7F13N6. The van der Waals surface area contributed by atoms with Crippen LogP contribution in [0.3, 0.4) is 0 Å². The van der Waals surface area contributed by atoms with Gasteiger partial charge in [-0.15, -0.1) is 0 Å². The summed E-state index contributed by atoms with van der Waals surface area (Å²) in [6, 6.07) is 13.1. The van der Waals surface area contributed by atoms with Crippen LogP contribution in [0.1, 0.15) is 22.5 Å². The SMILES string of the molecule is N#CC(C#N)=C1c2cc(-c3cc(F)c4c(F)c(F)c(F)c(F)c4c3F)ccc2-c2nc3c(nc21)-c1ccc(-c2c(F)c(F)c4c(F)c(F)c(F)c(F)c4c2F)cc1C3=C(C#N)C#N. The third kappa shape index (κ3) is 5.17. The van der Waals surface area contributed by atoms with Gasteiger partial charge < -0.3 is 0 Å². The Morgan fingerprint density at radius 1 is 0.349 bits per heavy atom. The quantitative estimate of drug-likeness (QED) is 0.0738. The maximum atomic E-state index is 15.9. The number of fused-ring (bicyclic) bond motifs is 8. The van der Waals surface area contributed by atoms with Crippen LogP contribution < -0.4 is 0 Å². The third-order valence-corrected chi connectivity index (χ3v) is 10.6. The van der Waals surface area contributed by atoms with Crippen molar-refractivity contribution in [1.29, 1.82) is 21.0 Å². The van der Waals surface area contributed by atoms with Gasteiger partial charge in [0.1, 0.15) is 64.3 Å². The Kier molecular flexibility index (Phi) is 8.70. The number of hydrogen-bond acceptors (Lipinski definition) is 6. The molecule has 6 nitrogen and oxygen atoms in total. The lowest BCUT2D eigenvalue weighted by Crippen LogP contribution is -2.06. The van der Waals surface area contributed by atoms with Gasteiger partial charge in [-0.3, -0.25) is 0 Å². The summed E-state index contributed by atoms with van der Waals surface area (Å²) < 4.78 is 193. The molecule has 6 aromatic carbocycles. The van der Waals surface area contributed by atoms with Crippen LogP contribution in [0, 0.1) is 121 Å². The van der Waals surface area contributed by atoms with E-state index in [1.54, 1.807) is 24.3 Å². The van der Waals surface area contributed by atoms with Gasteiger partial charge in [0.2, 0.25) is 0 Å². The zero-order valence-electron chi connectivity index (χ0n) is 30.1. The lowest BCUT2D eigenvalue weighted by atomic mass is 9.93. The first-order valence-corrected chi connectivity index (χ1v) is 17.3. The molecule has 0 spiro atoms. The highest BCUT2D eigenvalue weighted by Crippen LogP contribution is 2.52. The minimum atomic E-state index is -2.54. The highest BCUT2D eigenvalue weighted by Gasteiger charge is 2.38. The first-order valence-electron chi connectivity index (χ1n) is 17.3. The van der Waals surface area contributed by atoms with Crippen LogP contribution in [-0.4, -0.2) is 9.97 Å². The predicted octanol–water partition coefficient (Wildman–Crippen LogP) is 11.6. The number of hydrogen-bond donors (Lipinski definition) is 0. The van der Waals surface area contributed by atoms with Crippen LogP contribution in [0.15, 0.2) is 53.6 Å². The molecule has 2 aliphatic carbocycles. The van der Waals surface area contributed by atoms with E-state index in [1.165, 1.54) is 6.07 Å². The summed E-state index contributed by atoms with van der Waals surface area (Å²) in [7, 11) is 0. The zero-order valence-corrected chi connectivity index (χ0v) is 30.1. The smallest absolute Gasteiger partial charge is 0.198 e. The maximum Gasteiger partial charge on any atom is 0.198 e. The number of aromatic nitrogens is 2. The topological polar surface area (TPSA) is 121 Å². The van der Waals surface area contributed by atoms with Gasteiger partial charge >= 0.3 is 0 Å². The second-order valence-corrected chi connectivity index (χ2v) is 13.6. The summed E-state index contributed by atoms with van der Waals surface area (Å²) in [4.78, 5) is 9.16. The van der Waals surface area contributed by atoms with Gasteiger partial charge in [-0.05, 0) is 40.5 Å². The molecule has 1 aromatic heterocycles. The molecule has 0 radical (unpaired) electrons. The molecule has 9 rings (SSSR count). The molecule has 0 bridgehead atoms. The molecule has 304 valence electrons. The molecular weight excluding hydrogens is 860 g/mol. The lowest BCUT2D eigenvalue weighted by Gasteiger charge is -2.14. The van der Waals surface area contributed by atoms with E-state index in [9.17, 15) is 56.2 Å². The van der Waals surface area contributed by atoms with Crippen molar-refractivity contribution in [2.24, 2.45) is 0 Å². The van der Waals surface area contributed by atoms with Crippen LogP contribution in [0.4, 0.5) is 57.1 Å². The van der Waals surface area contributed by atoms with Crippen molar-refractivity contribution in [3.63, 3.8) is 0 Å². The second kappa shape index (κ2) is 13.7. The minimum absolute atomic E-state index is 0.00855. The number of benzene rings is 6. The molecule has 2 aliphatic rings. The summed E-state index contributed by atoms with van der Waals surface area (Å²) >= 11 is 0. The van der Waals surface area contributed by atoms with E-state index in [4.69, 9.17) is 0 Å². The van der Waals surface area contributed by atoms with E-state index in [-0.39, 0.29) is 61.7 Å². The van der Waals surface area contributed by atoms with Crippen molar-refractivity contribution in [1.82, 2.24) is 9.97 Å². The van der Waals surface area contributed by atoms with Crippen molar-refractivity contribution in [2.75, 3.05) is 0 Å². The largest absolute Gasteiger partial charge is 0.243 e. The molecule has 0 unspecified atom stereocenters. The Labute approximate surface area is 341 Å². The summed E-state index contributed by atoms with van der Waals surface area (Å²) in [6.45, 7) is 0. The molecule has 0 saturated carbocycles. The standard InChI is InChI=1S/C44H7F13N6/c45-21-7-18(29(46)26-25(21)32(49)37(54)38(55)34(26)51)12-1-3-16-19(5-12)22(14(8-58)9-59)43-41(16)62-44-23(15(10-60)11-61)20-6-13(2-4-17(20)42(44)63-43)24-30(47)27-28(33(50)31(24)48)36(53)40(57)39(56)35(27)52/h1-7H. The molecule has 0 N–H and O–H groups in total. The van der Waals surface area contributed by atoms with Crippen LogP contribution in [-0.2, 0) is 0 Å². The molecule has 0 fully saturated rings. The first-order chi connectivity index (χ1) is 30.0. The Bertz CT molecular complexity index is 3630. The highest BCUT2D eigenvalue weighted by molar-refractivity contribution is 6.08. The summed E-state index contributed by atoms with van der Waals surface area (Å²) in [5.41, 5.74) is -6.55. The molecule has 0 amide bonds.